The zero-order valence-electron chi connectivity index (χ0n) is 11.4. The molecule has 0 bridgehead atoms. The van der Waals surface area contributed by atoms with E-state index in [-0.39, 0.29) is 16.7 Å². The van der Waals surface area contributed by atoms with Gasteiger partial charge in [0.05, 0.1) is 4.92 Å². The molecule has 0 unspecified atom stereocenters. The van der Waals surface area contributed by atoms with E-state index in [4.69, 9.17) is 4.74 Å². The van der Waals surface area contributed by atoms with E-state index in [1.807, 2.05) is 0 Å². The molecule has 104 valence electrons. The first kappa shape index (κ1) is 13.8. The number of nitrogens with zero attached hydrogens (tertiary/aromatic N) is 1. The van der Waals surface area contributed by atoms with Gasteiger partial charge in [0.15, 0.2) is 5.75 Å². The predicted octanol–water partition coefficient (Wildman–Crippen LogP) is 2.81. The molecule has 5 heteroatoms. The molecule has 0 saturated heterocycles. The van der Waals surface area contributed by atoms with Crippen LogP contribution in [0.3, 0.4) is 0 Å². The first-order valence-electron chi connectivity index (χ1n) is 6.75. The monoisotopic (exact) mass is 264 g/mol. The lowest BCUT2D eigenvalue weighted by atomic mass is 9.89. The number of benzene rings is 1. The van der Waals surface area contributed by atoms with E-state index in [9.17, 15) is 10.1 Å². The summed E-state index contributed by atoms with van der Waals surface area (Å²) in [6, 6.07) is 5.70. The summed E-state index contributed by atoms with van der Waals surface area (Å²) in [6.07, 6.45) is 3.05. The zero-order valence-corrected chi connectivity index (χ0v) is 11.4. The Morgan fingerprint density at radius 3 is 2.84 bits per heavy atom. The Kier molecular flexibility index (Phi) is 4.37. The summed E-state index contributed by atoms with van der Waals surface area (Å²) in [5, 5.41) is 14.5. The molecule has 0 amide bonds. The van der Waals surface area contributed by atoms with E-state index < -0.39 is 0 Å². The van der Waals surface area contributed by atoms with Gasteiger partial charge in [-0.25, -0.2) is 0 Å². The van der Waals surface area contributed by atoms with Crippen molar-refractivity contribution in [3.05, 3.63) is 33.9 Å². The summed E-state index contributed by atoms with van der Waals surface area (Å²) in [7, 11) is 0. The van der Waals surface area contributed by atoms with Crippen LogP contribution < -0.4 is 10.1 Å². The van der Waals surface area contributed by atoms with Gasteiger partial charge in [-0.15, -0.1) is 0 Å². The molecule has 1 N–H and O–H groups in total. The minimum Gasteiger partial charge on any atom is -0.483 e. The molecule has 0 spiro atoms. The van der Waals surface area contributed by atoms with Crippen LogP contribution in [-0.4, -0.2) is 23.6 Å². The largest absolute Gasteiger partial charge is 0.483 e. The van der Waals surface area contributed by atoms with Gasteiger partial charge in [-0.05, 0) is 38.8 Å². The van der Waals surface area contributed by atoms with E-state index in [1.54, 1.807) is 25.1 Å². The topological polar surface area (TPSA) is 64.4 Å². The summed E-state index contributed by atoms with van der Waals surface area (Å²) in [5.41, 5.74) is 0.731. The maximum absolute atomic E-state index is 11.0. The molecule has 0 heterocycles. The fourth-order valence-corrected chi connectivity index (χ4v) is 2.32. The number of nitrogens with one attached hydrogen (secondary N) is 1. The van der Waals surface area contributed by atoms with Gasteiger partial charge in [-0.1, -0.05) is 19.1 Å². The number of para-hydroxylation sites is 1. The predicted molar refractivity (Wildman–Crippen MR) is 73.6 cm³/mol. The molecule has 19 heavy (non-hydrogen) atoms. The fraction of sp³-hybridized carbons (Fsp3) is 0.571. The summed E-state index contributed by atoms with van der Waals surface area (Å²) < 4.78 is 5.75. The average molecular weight is 264 g/mol. The van der Waals surface area contributed by atoms with Crippen molar-refractivity contribution in [2.75, 3.05) is 6.54 Å². The van der Waals surface area contributed by atoms with Gasteiger partial charge in [-0.3, -0.25) is 10.1 Å². The summed E-state index contributed by atoms with van der Waals surface area (Å²) in [5.74, 6) is 0.393. The maximum Gasteiger partial charge on any atom is 0.313 e. The average Bonchev–Trinajstić information content (AvgIpc) is 2.31. The third-order valence-electron chi connectivity index (χ3n) is 3.45. The minimum absolute atomic E-state index is 0.0902. The summed E-state index contributed by atoms with van der Waals surface area (Å²) in [4.78, 5) is 10.7. The first-order valence-corrected chi connectivity index (χ1v) is 6.75. The standard InChI is InChI=1S/C14H20N2O3/c1-3-7-15-11-8-12(9-11)19-13-6-4-5-10(2)14(13)16(17)18/h4-6,11-12,15H,3,7-9H2,1-2H3. The highest BCUT2D eigenvalue weighted by molar-refractivity contribution is 5.52. The molecule has 1 fully saturated rings. The van der Waals surface area contributed by atoms with Gasteiger partial charge < -0.3 is 10.1 Å². The summed E-state index contributed by atoms with van der Waals surface area (Å²) in [6.45, 7) is 4.88. The number of hydrogen-bond acceptors (Lipinski definition) is 4. The van der Waals surface area contributed by atoms with Crippen molar-refractivity contribution >= 4 is 5.69 Å². The smallest absolute Gasteiger partial charge is 0.313 e. The molecular weight excluding hydrogens is 244 g/mol. The highest BCUT2D eigenvalue weighted by atomic mass is 16.6. The quantitative estimate of drug-likeness (QED) is 0.634. The van der Waals surface area contributed by atoms with Crippen LogP contribution in [0.1, 0.15) is 31.7 Å². The van der Waals surface area contributed by atoms with E-state index in [2.05, 4.69) is 12.2 Å². The third-order valence-corrected chi connectivity index (χ3v) is 3.45. The van der Waals surface area contributed by atoms with Crippen LogP contribution in [0.2, 0.25) is 0 Å². The van der Waals surface area contributed by atoms with Crippen LogP contribution in [-0.2, 0) is 0 Å². The molecule has 0 aromatic heterocycles. The van der Waals surface area contributed by atoms with Crippen molar-refractivity contribution in [3.63, 3.8) is 0 Å². The fourth-order valence-electron chi connectivity index (χ4n) is 2.32. The Morgan fingerprint density at radius 2 is 2.21 bits per heavy atom. The second-order valence-corrected chi connectivity index (χ2v) is 5.04. The van der Waals surface area contributed by atoms with E-state index >= 15 is 0 Å². The zero-order chi connectivity index (χ0) is 13.8. The SMILES string of the molecule is CCCNC1CC(Oc2cccc(C)c2[N+](=O)[O-])C1. The van der Waals surface area contributed by atoms with Crippen LogP contribution in [0.25, 0.3) is 0 Å². The third kappa shape index (κ3) is 3.23. The van der Waals surface area contributed by atoms with Crippen LogP contribution in [0.15, 0.2) is 18.2 Å². The van der Waals surface area contributed by atoms with Crippen LogP contribution in [0.4, 0.5) is 5.69 Å². The number of nitro groups is 1. The molecule has 0 radical (unpaired) electrons. The van der Waals surface area contributed by atoms with Crippen molar-refractivity contribution in [3.8, 4) is 5.75 Å². The number of hydrogen-bond donors (Lipinski definition) is 1. The number of aryl methyl sites for hydroxylation is 1. The molecule has 1 aromatic rings. The second-order valence-electron chi connectivity index (χ2n) is 5.04. The molecule has 0 atom stereocenters. The van der Waals surface area contributed by atoms with Crippen LogP contribution in [0, 0.1) is 17.0 Å². The van der Waals surface area contributed by atoms with Gasteiger partial charge >= 0.3 is 5.69 Å². The lowest BCUT2D eigenvalue weighted by Gasteiger charge is -2.35. The van der Waals surface area contributed by atoms with Crippen molar-refractivity contribution in [1.82, 2.24) is 5.32 Å². The maximum atomic E-state index is 11.0. The van der Waals surface area contributed by atoms with Gasteiger partial charge in [0.2, 0.25) is 0 Å². The lowest BCUT2D eigenvalue weighted by Crippen LogP contribution is -2.47. The summed E-state index contributed by atoms with van der Waals surface area (Å²) >= 11 is 0. The first-order chi connectivity index (χ1) is 9.11. The molecule has 0 aliphatic heterocycles. The second kappa shape index (κ2) is 6.02. The molecule has 1 aliphatic carbocycles. The molecule has 1 aromatic carbocycles. The van der Waals surface area contributed by atoms with Crippen molar-refractivity contribution in [2.24, 2.45) is 0 Å². The lowest BCUT2D eigenvalue weighted by molar-refractivity contribution is -0.386. The highest BCUT2D eigenvalue weighted by Gasteiger charge is 2.32. The molecule has 1 saturated carbocycles. The van der Waals surface area contributed by atoms with Crippen molar-refractivity contribution < 1.29 is 9.66 Å². The van der Waals surface area contributed by atoms with Gasteiger partial charge in [0, 0.05) is 11.6 Å². The van der Waals surface area contributed by atoms with Gasteiger partial charge in [0.25, 0.3) is 0 Å². The van der Waals surface area contributed by atoms with E-state index in [1.165, 1.54) is 0 Å². The minimum atomic E-state index is -0.365. The molecule has 2 rings (SSSR count). The number of rotatable bonds is 6. The highest BCUT2D eigenvalue weighted by Crippen LogP contribution is 2.34. The molecule has 1 aliphatic rings. The normalized spacial score (nSPS) is 21.8. The van der Waals surface area contributed by atoms with Crippen molar-refractivity contribution in [2.45, 2.75) is 45.3 Å². The van der Waals surface area contributed by atoms with Crippen LogP contribution >= 0.6 is 0 Å². The van der Waals surface area contributed by atoms with Crippen LogP contribution in [0.5, 0.6) is 5.75 Å². The van der Waals surface area contributed by atoms with Gasteiger partial charge in [-0.2, -0.15) is 0 Å². The Balaban J connectivity index is 1.94. The Labute approximate surface area is 113 Å². The molecule has 5 nitrogen and oxygen atoms in total. The number of nitro benzene ring substituents is 1. The Morgan fingerprint density at radius 1 is 1.47 bits per heavy atom. The number of ether oxygens (including phenoxy) is 1. The van der Waals surface area contributed by atoms with E-state index in [0.717, 1.165) is 25.8 Å². The Bertz CT molecular complexity index is 456. The Hall–Kier alpha value is -1.62. The molecular formula is C14H20N2O3. The van der Waals surface area contributed by atoms with Crippen molar-refractivity contribution in [1.29, 1.82) is 0 Å². The van der Waals surface area contributed by atoms with E-state index in [0.29, 0.717) is 17.4 Å². The van der Waals surface area contributed by atoms with Gasteiger partial charge in [0.1, 0.15) is 6.10 Å².